The fourth-order valence-corrected chi connectivity index (χ4v) is 6.80. The van der Waals surface area contributed by atoms with Crippen LogP contribution in [0.15, 0.2) is 42.6 Å². The van der Waals surface area contributed by atoms with E-state index in [0.717, 1.165) is 37.6 Å². The maximum absolute atomic E-state index is 12.9. The highest BCUT2D eigenvalue weighted by Gasteiger charge is 2.21. The number of amides is 4. The van der Waals surface area contributed by atoms with Gasteiger partial charge in [-0.2, -0.15) is 0 Å². The second-order valence-electron chi connectivity index (χ2n) is 13.0. The number of nitrogens with two attached hydrogens (primary N) is 1. The number of aromatic hydroxyl groups is 1. The zero-order valence-electron chi connectivity index (χ0n) is 32.8. The molecule has 0 saturated carbocycles. The fraction of sp³-hybridized carbons (Fsp3) is 0.395. The lowest BCUT2D eigenvalue weighted by Gasteiger charge is -2.35. The molecule has 5 rings (SSSR count). The third kappa shape index (κ3) is 13.2. The van der Waals surface area contributed by atoms with Crippen LogP contribution in [-0.2, 0) is 23.8 Å². The Hall–Kier alpha value is -5.64. The van der Waals surface area contributed by atoms with E-state index in [1.807, 2.05) is 32.0 Å². The van der Waals surface area contributed by atoms with Gasteiger partial charge in [-0.05, 0) is 37.6 Å². The molecular formula is C38H47ClN10O9S. The summed E-state index contributed by atoms with van der Waals surface area (Å²) in [5.74, 6) is -0.512. The third-order valence-electron chi connectivity index (χ3n) is 8.78. The van der Waals surface area contributed by atoms with Gasteiger partial charge in [0.25, 0.3) is 11.8 Å². The Morgan fingerprint density at radius 2 is 1.68 bits per heavy atom. The Balaban J connectivity index is 0.909. The number of nitrogens with one attached hydrogen (secondary N) is 4. The predicted molar refractivity (Wildman–Crippen MR) is 222 cm³/mol. The van der Waals surface area contributed by atoms with Crippen molar-refractivity contribution < 1.29 is 43.2 Å². The Morgan fingerprint density at radius 3 is 2.42 bits per heavy atom. The standard InChI is InChI=1S/C38H47ClN10O9S/c1-23-5-4-6-25(39)34(23)47-37(54)28-20-42-38(59-28)46-29-19-30(44-24(2)43-29)49-12-10-48(11-13-49)14-16-57-21-31(50)41-9-15-56-17-18-58-22-32(51)45-26-7-8-27(55-3)33(35(26)52)36(40)53/h4-8,19-20,52H,9-18,21-22H2,1-3H3,(H2,40,53)(H,41,50)(H,45,51)(H,47,54)(H,42,43,44,46). The van der Waals surface area contributed by atoms with Crippen molar-refractivity contribution in [1.29, 1.82) is 0 Å². The first-order valence-electron chi connectivity index (χ1n) is 18.5. The van der Waals surface area contributed by atoms with Crippen molar-refractivity contribution in [3.05, 3.63) is 69.4 Å². The zero-order valence-corrected chi connectivity index (χ0v) is 34.4. The Bertz CT molecular complexity index is 2080. The summed E-state index contributed by atoms with van der Waals surface area (Å²) < 4.78 is 21.3. The number of hydrogen-bond donors (Lipinski definition) is 6. The van der Waals surface area contributed by atoms with Crippen molar-refractivity contribution in [2.75, 3.05) is 107 Å². The molecule has 316 valence electrons. The molecule has 59 heavy (non-hydrogen) atoms. The van der Waals surface area contributed by atoms with E-state index in [4.69, 9.17) is 36.3 Å². The van der Waals surface area contributed by atoms with Gasteiger partial charge >= 0.3 is 0 Å². The SMILES string of the molecule is COc1ccc(NC(=O)COCCOCCNC(=O)COCCN2CCN(c3cc(Nc4ncc(C(=O)Nc5c(C)cccc5Cl)s4)nc(C)n3)CC2)c(O)c1C(N)=O. The number of anilines is 5. The number of primary amides is 1. The van der Waals surface area contributed by atoms with E-state index in [-0.39, 0.29) is 68.4 Å². The maximum atomic E-state index is 12.9. The average Bonchev–Trinajstić information content (AvgIpc) is 3.68. The molecule has 4 amide bonds. The van der Waals surface area contributed by atoms with Gasteiger partial charge < -0.3 is 56.0 Å². The molecule has 19 nitrogen and oxygen atoms in total. The van der Waals surface area contributed by atoms with Gasteiger partial charge in [0.15, 0.2) is 10.9 Å². The van der Waals surface area contributed by atoms with E-state index in [9.17, 15) is 24.3 Å². The van der Waals surface area contributed by atoms with E-state index in [1.165, 1.54) is 36.8 Å². The van der Waals surface area contributed by atoms with Crippen LogP contribution in [0.1, 0.15) is 31.4 Å². The number of nitrogens with zero attached hydrogens (tertiary/aromatic N) is 5. The van der Waals surface area contributed by atoms with E-state index < -0.39 is 17.6 Å². The van der Waals surface area contributed by atoms with Gasteiger partial charge in [-0.15, -0.1) is 0 Å². The summed E-state index contributed by atoms with van der Waals surface area (Å²) in [4.78, 5) is 67.3. The number of ether oxygens (including phenoxy) is 4. The molecule has 1 saturated heterocycles. The molecule has 0 atom stereocenters. The van der Waals surface area contributed by atoms with Crippen LogP contribution in [0.25, 0.3) is 0 Å². The Labute approximate surface area is 349 Å². The van der Waals surface area contributed by atoms with Gasteiger partial charge in [-0.25, -0.2) is 15.0 Å². The largest absolute Gasteiger partial charge is 0.505 e. The topological polar surface area (TPSA) is 245 Å². The molecule has 4 aromatic rings. The average molecular weight is 855 g/mol. The molecule has 0 unspecified atom stereocenters. The quantitative estimate of drug-likeness (QED) is 0.0521. The molecule has 1 aliphatic heterocycles. The summed E-state index contributed by atoms with van der Waals surface area (Å²) in [5.41, 5.74) is 6.46. The first kappa shape index (κ1) is 44.5. The highest BCUT2D eigenvalue weighted by Crippen LogP contribution is 2.34. The Morgan fingerprint density at radius 1 is 0.932 bits per heavy atom. The van der Waals surface area contributed by atoms with Crippen molar-refractivity contribution in [1.82, 2.24) is 25.2 Å². The number of aromatic nitrogens is 3. The molecule has 1 fully saturated rings. The lowest BCUT2D eigenvalue weighted by Crippen LogP contribution is -2.47. The normalized spacial score (nSPS) is 12.8. The minimum absolute atomic E-state index is 0.0128. The van der Waals surface area contributed by atoms with Crippen molar-refractivity contribution in [2.45, 2.75) is 13.8 Å². The molecule has 0 aliphatic carbocycles. The highest BCUT2D eigenvalue weighted by atomic mass is 35.5. The summed E-state index contributed by atoms with van der Waals surface area (Å²) in [7, 11) is 1.32. The molecule has 21 heteroatoms. The lowest BCUT2D eigenvalue weighted by atomic mass is 10.1. The predicted octanol–water partition coefficient (Wildman–Crippen LogP) is 2.94. The van der Waals surface area contributed by atoms with Gasteiger partial charge in [-0.3, -0.25) is 24.1 Å². The van der Waals surface area contributed by atoms with Crippen LogP contribution in [0.2, 0.25) is 5.02 Å². The van der Waals surface area contributed by atoms with Crippen molar-refractivity contribution in [3.8, 4) is 11.5 Å². The maximum Gasteiger partial charge on any atom is 0.267 e. The van der Waals surface area contributed by atoms with Crippen molar-refractivity contribution in [2.24, 2.45) is 5.73 Å². The van der Waals surface area contributed by atoms with Crippen LogP contribution in [-0.4, -0.2) is 135 Å². The second-order valence-corrected chi connectivity index (χ2v) is 14.5. The highest BCUT2D eigenvalue weighted by molar-refractivity contribution is 7.17. The molecule has 7 N–H and O–H groups in total. The van der Waals surface area contributed by atoms with E-state index in [2.05, 4.69) is 46.0 Å². The van der Waals surface area contributed by atoms with E-state index >= 15 is 0 Å². The monoisotopic (exact) mass is 854 g/mol. The van der Waals surface area contributed by atoms with Crippen LogP contribution < -0.4 is 36.6 Å². The first-order valence-corrected chi connectivity index (χ1v) is 19.7. The number of para-hydroxylation sites is 1. The second kappa shape index (κ2) is 21.9. The Kier molecular flexibility index (Phi) is 16.5. The van der Waals surface area contributed by atoms with Gasteiger partial charge in [0.1, 0.15) is 46.9 Å². The number of carbonyl (C=O) groups excluding carboxylic acids is 4. The van der Waals surface area contributed by atoms with Crippen molar-refractivity contribution in [3.63, 3.8) is 0 Å². The minimum Gasteiger partial charge on any atom is -0.505 e. The van der Waals surface area contributed by atoms with Gasteiger partial charge in [0.05, 0.1) is 56.1 Å². The van der Waals surface area contributed by atoms with E-state index in [0.29, 0.717) is 45.5 Å². The lowest BCUT2D eigenvalue weighted by molar-refractivity contribution is -0.126. The summed E-state index contributed by atoms with van der Waals surface area (Å²) in [6.45, 7) is 8.22. The molecule has 3 heterocycles. The van der Waals surface area contributed by atoms with Crippen LogP contribution in [0.5, 0.6) is 11.5 Å². The summed E-state index contributed by atoms with van der Waals surface area (Å²) in [6, 6.07) is 10.1. The molecular weight excluding hydrogens is 808 g/mol. The number of aryl methyl sites for hydroxylation is 2. The number of phenols is 1. The molecule has 0 radical (unpaired) electrons. The number of rotatable bonds is 21. The zero-order chi connectivity index (χ0) is 42.3. The smallest absolute Gasteiger partial charge is 0.267 e. The van der Waals surface area contributed by atoms with Crippen molar-refractivity contribution >= 4 is 74.7 Å². The molecule has 2 aromatic carbocycles. The fourth-order valence-electron chi connectivity index (χ4n) is 5.82. The first-order chi connectivity index (χ1) is 28.4. The number of methoxy groups -OCH3 is 1. The van der Waals surface area contributed by atoms with Gasteiger partial charge in [0.2, 0.25) is 11.8 Å². The number of piperazine rings is 1. The molecule has 0 bridgehead atoms. The van der Waals surface area contributed by atoms with Crippen LogP contribution in [0, 0.1) is 13.8 Å². The third-order valence-corrected chi connectivity index (χ3v) is 10.0. The molecule has 1 aliphatic rings. The van der Waals surface area contributed by atoms with Crippen LogP contribution >= 0.6 is 22.9 Å². The minimum atomic E-state index is -0.907. The number of thiazole rings is 1. The van der Waals surface area contributed by atoms with Gasteiger partial charge in [-0.1, -0.05) is 35.1 Å². The summed E-state index contributed by atoms with van der Waals surface area (Å²) in [6.07, 6.45) is 1.51. The van der Waals surface area contributed by atoms with Gasteiger partial charge in [0, 0.05) is 45.3 Å². The van der Waals surface area contributed by atoms with Crippen LogP contribution in [0.3, 0.4) is 0 Å². The number of hydrogen-bond acceptors (Lipinski definition) is 16. The molecule has 2 aromatic heterocycles. The van der Waals surface area contributed by atoms with E-state index in [1.54, 1.807) is 6.07 Å². The summed E-state index contributed by atoms with van der Waals surface area (Å²) >= 11 is 7.48. The number of halogens is 1. The number of carbonyl (C=O) groups is 4. The molecule has 0 spiro atoms. The number of benzene rings is 2. The van der Waals surface area contributed by atoms with Crippen LogP contribution in [0.4, 0.5) is 28.1 Å². The summed E-state index contributed by atoms with van der Waals surface area (Å²) in [5, 5.41) is 22.5.